The van der Waals surface area contributed by atoms with E-state index in [1.807, 2.05) is 84.9 Å². The van der Waals surface area contributed by atoms with E-state index in [1.165, 1.54) is 0 Å². The van der Waals surface area contributed by atoms with Crippen LogP contribution in [-0.2, 0) is 10.5 Å². The molecule has 1 N–H and O–H groups in total. The summed E-state index contributed by atoms with van der Waals surface area (Å²) in [5, 5.41) is 13.0. The number of unbranched alkanes of at least 4 members (excludes halogenated alkanes) is 1. The van der Waals surface area contributed by atoms with Gasteiger partial charge < -0.3 is 14.6 Å². The Hall–Kier alpha value is -2.14. The molecule has 0 spiro atoms. The highest BCUT2D eigenvalue weighted by Crippen LogP contribution is 2.43. The highest BCUT2D eigenvalue weighted by Gasteiger charge is 2.42. The minimum absolute atomic E-state index is 0.412. The van der Waals surface area contributed by atoms with Crippen molar-refractivity contribution in [3.05, 3.63) is 102 Å². The lowest BCUT2D eigenvalue weighted by molar-refractivity contribution is -0.222. The number of aliphatic hydroxyl groups is 1. The number of methoxy groups -OCH3 is 1. The summed E-state index contributed by atoms with van der Waals surface area (Å²) < 4.78 is 11.7. The maximum absolute atomic E-state index is 12.0. The molecular weight excluding hydrogens is 428 g/mol. The molecule has 0 bridgehead atoms. The highest BCUT2D eigenvalue weighted by molar-refractivity contribution is 9.09. The van der Waals surface area contributed by atoms with Crippen LogP contribution in [0, 0.1) is 0 Å². The van der Waals surface area contributed by atoms with Gasteiger partial charge in [0.1, 0.15) is 5.75 Å². The third-order valence-corrected chi connectivity index (χ3v) is 5.55. The van der Waals surface area contributed by atoms with Gasteiger partial charge in [0, 0.05) is 10.9 Å². The molecule has 3 aromatic carbocycles. The zero-order valence-corrected chi connectivity index (χ0v) is 18.2. The predicted molar refractivity (Wildman–Crippen MR) is 121 cm³/mol. The monoisotopic (exact) mass is 454 g/mol. The standard InChI is InChI=1S/C25H27BrO3/c1-28-23-16-10-13-21(19-23)24(20-11-4-2-5-12-20)25(27,29-18-9-8-17-26)22-14-6-3-7-15-22/h2-7,10-16,19,24,27H,8-9,17-18H2,1H3. The van der Waals surface area contributed by atoms with Crippen LogP contribution in [0.1, 0.15) is 35.4 Å². The summed E-state index contributed by atoms with van der Waals surface area (Å²) in [4.78, 5) is 0. The molecule has 0 saturated carbocycles. The van der Waals surface area contributed by atoms with Gasteiger partial charge in [0.05, 0.1) is 19.6 Å². The van der Waals surface area contributed by atoms with E-state index in [-0.39, 0.29) is 0 Å². The van der Waals surface area contributed by atoms with Crippen molar-refractivity contribution >= 4 is 15.9 Å². The van der Waals surface area contributed by atoms with E-state index in [2.05, 4.69) is 15.9 Å². The molecule has 152 valence electrons. The van der Waals surface area contributed by atoms with Crippen LogP contribution < -0.4 is 4.74 Å². The lowest BCUT2D eigenvalue weighted by atomic mass is 9.80. The van der Waals surface area contributed by atoms with Crippen LogP contribution in [0.15, 0.2) is 84.9 Å². The third kappa shape index (κ3) is 5.27. The Bertz CT molecular complexity index is 870. The number of ether oxygens (including phenoxy) is 2. The van der Waals surface area contributed by atoms with Crippen LogP contribution in [-0.4, -0.2) is 24.2 Å². The van der Waals surface area contributed by atoms with Crippen molar-refractivity contribution in [1.29, 1.82) is 0 Å². The fourth-order valence-corrected chi connectivity index (χ4v) is 3.94. The van der Waals surface area contributed by atoms with Gasteiger partial charge in [0.2, 0.25) is 5.79 Å². The van der Waals surface area contributed by atoms with E-state index in [4.69, 9.17) is 9.47 Å². The molecule has 0 aliphatic rings. The van der Waals surface area contributed by atoms with E-state index < -0.39 is 11.7 Å². The molecule has 0 radical (unpaired) electrons. The molecule has 0 fully saturated rings. The van der Waals surface area contributed by atoms with Crippen molar-refractivity contribution in [3.63, 3.8) is 0 Å². The molecule has 3 aromatic rings. The SMILES string of the molecule is COc1cccc(C(c2ccccc2)C(O)(OCCCCBr)c2ccccc2)c1. The van der Waals surface area contributed by atoms with Gasteiger partial charge in [0.25, 0.3) is 0 Å². The van der Waals surface area contributed by atoms with Crippen LogP contribution in [0.4, 0.5) is 0 Å². The number of hydrogen-bond acceptors (Lipinski definition) is 3. The van der Waals surface area contributed by atoms with Crippen LogP contribution >= 0.6 is 15.9 Å². The molecule has 2 unspecified atom stereocenters. The summed E-state index contributed by atoms with van der Waals surface area (Å²) in [5.41, 5.74) is 2.64. The maximum atomic E-state index is 12.0. The molecule has 0 aliphatic heterocycles. The van der Waals surface area contributed by atoms with E-state index in [9.17, 15) is 5.11 Å². The largest absolute Gasteiger partial charge is 0.497 e. The van der Waals surface area contributed by atoms with Crippen LogP contribution in [0.25, 0.3) is 0 Å². The minimum atomic E-state index is -1.51. The van der Waals surface area contributed by atoms with Gasteiger partial charge in [-0.25, -0.2) is 0 Å². The Morgan fingerprint density at radius 2 is 1.52 bits per heavy atom. The van der Waals surface area contributed by atoms with Crippen molar-refractivity contribution in [2.75, 3.05) is 19.0 Å². The minimum Gasteiger partial charge on any atom is -0.497 e. The second-order valence-corrected chi connectivity index (χ2v) is 7.72. The van der Waals surface area contributed by atoms with Gasteiger partial charge in [-0.15, -0.1) is 0 Å². The average Bonchev–Trinajstić information content (AvgIpc) is 2.78. The number of benzene rings is 3. The predicted octanol–water partition coefficient (Wildman–Crippen LogP) is 5.86. The number of alkyl halides is 1. The molecule has 0 amide bonds. The quantitative estimate of drug-likeness (QED) is 0.236. The Balaban J connectivity index is 2.11. The Morgan fingerprint density at radius 3 is 2.17 bits per heavy atom. The molecule has 0 saturated heterocycles. The summed E-state index contributed by atoms with van der Waals surface area (Å²) in [6.45, 7) is 0.463. The molecule has 29 heavy (non-hydrogen) atoms. The van der Waals surface area contributed by atoms with Gasteiger partial charge in [-0.05, 0) is 36.1 Å². The van der Waals surface area contributed by atoms with Crippen LogP contribution in [0.3, 0.4) is 0 Å². The van der Waals surface area contributed by atoms with Crippen molar-refractivity contribution in [2.24, 2.45) is 0 Å². The Morgan fingerprint density at radius 1 is 0.862 bits per heavy atom. The van der Waals surface area contributed by atoms with Crippen molar-refractivity contribution in [3.8, 4) is 5.75 Å². The molecule has 0 aromatic heterocycles. The highest BCUT2D eigenvalue weighted by atomic mass is 79.9. The number of halogens is 1. The van der Waals surface area contributed by atoms with Crippen LogP contribution in [0.5, 0.6) is 5.75 Å². The summed E-state index contributed by atoms with van der Waals surface area (Å²) in [5.74, 6) is -1.18. The molecule has 3 rings (SSSR count). The van der Waals surface area contributed by atoms with Gasteiger partial charge >= 0.3 is 0 Å². The first-order chi connectivity index (χ1) is 14.2. The Labute approximate surface area is 181 Å². The van der Waals surface area contributed by atoms with Gasteiger partial charge in [-0.3, -0.25) is 0 Å². The molecular formula is C25H27BrO3. The number of hydrogen-bond donors (Lipinski definition) is 1. The van der Waals surface area contributed by atoms with E-state index in [0.29, 0.717) is 6.61 Å². The molecule has 3 nitrogen and oxygen atoms in total. The van der Waals surface area contributed by atoms with Gasteiger partial charge in [-0.1, -0.05) is 88.7 Å². The van der Waals surface area contributed by atoms with E-state index in [1.54, 1.807) is 7.11 Å². The topological polar surface area (TPSA) is 38.7 Å². The molecule has 0 heterocycles. The normalized spacial score (nSPS) is 14.2. The summed E-state index contributed by atoms with van der Waals surface area (Å²) >= 11 is 3.46. The van der Waals surface area contributed by atoms with Crippen molar-refractivity contribution in [2.45, 2.75) is 24.5 Å². The van der Waals surface area contributed by atoms with Crippen LogP contribution in [0.2, 0.25) is 0 Å². The summed E-state index contributed by atoms with van der Waals surface area (Å²) in [7, 11) is 1.65. The lowest BCUT2D eigenvalue weighted by Gasteiger charge is -2.37. The third-order valence-electron chi connectivity index (χ3n) is 4.99. The van der Waals surface area contributed by atoms with E-state index >= 15 is 0 Å². The zero-order valence-electron chi connectivity index (χ0n) is 16.6. The van der Waals surface area contributed by atoms with Crippen molar-refractivity contribution < 1.29 is 14.6 Å². The maximum Gasteiger partial charge on any atom is 0.203 e. The first-order valence-electron chi connectivity index (χ1n) is 9.85. The summed E-state index contributed by atoms with van der Waals surface area (Å²) in [6.07, 6.45) is 1.85. The summed E-state index contributed by atoms with van der Waals surface area (Å²) in [6, 6.07) is 27.5. The van der Waals surface area contributed by atoms with E-state index in [0.717, 1.165) is 40.6 Å². The second kappa shape index (κ2) is 10.6. The first kappa shape index (κ1) is 21.6. The first-order valence-corrected chi connectivity index (χ1v) is 11.0. The Kier molecular flexibility index (Phi) is 7.87. The van der Waals surface area contributed by atoms with Crippen molar-refractivity contribution in [1.82, 2.24) is 0 Å². The smallest absolute Gasteiger partial charge is 0.203 e. The molecule has 2 atom stereocenters. The molecule has 4 heteroatoms. The van der Waals surface area contributed by atoms with Gasteiger partial charge in [-0.2, -0.15) is 0 Å². The fraction of sp³-hybridized carbons (Fsp3) is 0.280. The van der Waals surface area contributed by atoms with Gasteiger partial charge in [0.15, 0.2) is 0 Å². The fourth-order valence-electron chi connectivity index (χ4n) is 3.55. The molecule has 0 aliphatic carbocycles. The lowest BCUT2D eigenvalue weighted by Crippen LogP contribution is -2.37. The average molecular weight is 455 g/mol. The zero-order chi connectivity index (χ0) is 20.5. The number of rotatable bonds is 10. The second-order valence-electron chi connectivity index (χ2n) is 6.93.